The van der Waals surface area contributed by atoms with Gasteiger partial charge in [-0.3, -0.25) is 9.78 Å². The van der Waals surface area contributed by atoms with Crippen molar-refractivity contribution in [3.8, 4) is 23.0 Å². The third-order valence-electron chi connectivity index (χ3n) is 7.26. The molecule has 0 saturated carbocycles. The molecule has 0 saturated heterocycles. The zero-order valence-corrected chi connectivity index (χ0v) is 21.5. The first kappa shape index (κ1) is 23.9. The Bertz CT molecular complexity index is 1500. The van der Waals surface area contributed by atoms with Gasteiger partial charge in [0, 0.05) is 46.1 Å². The van der Waals surface area contributed by atoms with E-state index in [2.05, 4.69) is 24.1 Å². The van der Waals surface area contributed by atoms with Crippen LogP contribution in [0.25, 0.3) is 32.4 Å². The molecule has 36 heavy (non-hydrogen) atoms. The maximum Gasteiger partial charge on any atom is 0.251 e. The van der Waals surface area contributed by atoms with Gasteiger partial charge in [0.25, 0.3) is 5.91 Å². The molecule has 0 bridgehead atoms. The van der Waals surface area contributed by atoms with Crippen LogP contribution < -0.4 is 24.3 Å². The van der Waals surface area contributed by atoms with Crippen LogP contribution in [0.15, 0.2) is 36.5 Å². The summed E-state index contributed by atoms with van der Waals surface area (Å²) in [6.45, 7) is 5.03. The largest absolute Gasteiger partial charge is 0.493 e. The van der Waals surface area contributed by atoms with Gasteiger partial charge in [0.2, 0.25) is 6.79 Å². The molecule has 1 aromatic heterocycles. The number of nitrogens with zero attached hydrogens (tertiary/aromatic N) is 2. The summed E-state index contributed by atoms with van der Waals surface area (Å²) in [6.07, 6.45) is 2.61. The minimum absolute atomic E-state index is 0.0445. The molecule has 0 unspecified atom stereocenters. The van der Waals surface area contributed by atoms with E-state index in [1.54, 1.807) is 20.4 Å². The first-order chi connectivity index (χ1) is 17.2. The lowest BCUT2D eigenvalue weighted by Gasteiger charge is -2.32. The number of rotatable bonds is 7. The van der Waals surface area contributed by atoms with Crippen molar-refractivity contribution >= 4 is 38.4 Å². The molecule has 1 aliphatic rings. The van der Waals surface area contributed by atoms with Crippen LogP contribution in [-0.4, -0.2) is 63.0 Å². The van der Waals surface area contributed by atoms with E-state index in [9.17, 15) is 4.79 Å². The highest BCUT2D eigenvalue weighted by Gasteiger charge is 2.23. The number of methoxy groups -OCH3 is 2. The number of benzene rings is 3. The molecular weight excluding hydrogens is 458 g/mol. The molecular formula is C28H31N3O5. The van der Waals surface area contributed by atoms with Crippen molar-refractivity contribution in [3.63, 3.8) is 0 Å². The summed E-state index contributed by atoms with van der Waals surface area (Å²) in [5.41, 5.74) is 1.25. The van der Waals surface area contributed by atoms with Gasteiger partial charge in [-0.05, 0) is 69.4 Å². The van der Waals surface area contributed by atoms with Crippen LogP contribution in [0.1, 0.15) is 30.6 Å². The molecule has 8 heteroatoms. The van der Waals surface area contributed by atoms with E-state index in [0.717, 1.165) is 38.9 Å². The lowest BCUT2D eigenvalue weighted by atomic mass is 9.94. The Kier molecular flexibility index (Phi) is 6.00. The number of carbonyl (C=O) groups excluding carboxylic acids is 1. The Morgan fingerprint density at radius 1 is 1.00 bits per heavy atom. The van der Waals surface area contributed by atoms with Gasteiger partial charge >= 0.3 is 0 Å². The Labute approximate surface area is 210 Å². The number of amides is 1. The van der Waals surface area contributed by atoms with Crippen LogP contribution in [0, 0.1) is 0 Å². The molecule has 0 aliphatic carbocycles. The summed E-state index contributed by atoms with van der Waals surface area (Å²) in [6, 6.07) is 9.50. The standard InChI is InChI=1S/C28H31N3O5/c1-28(2,31(3)4)7-8-29-27(32)19-9-16-10-22(33-5)23(34-6)11-17(16)20-14-30-21-13-25-24(35-15-36-25)12-18(21)26(19)20/h9-14H,7-8,15H2,1-6H3,(H,29,32). The van der Waals surface area contributed by atoms with E-state index < -0.39 is 0 Å². The molecule has 2 heterocycles. The van der Waals surface area contributed by atoms with Crippen LogP contribution >= 0.6 is 0 Å². The summed E-state index contributed by atoms with van der Waals surface area (Å²) in [5.74, 6) is 2.36. The molecule has 0 radical (unpaired) electrons. The predicted molar refractivity (Wildman–Crippen MR) is 141 cm³/mol. The minimum atomic E-state index is -0.142. The van der Waals surface area contributed by atoms with Gasteiger partial charge in [-0.2, -0.15) is 0 Å². The highest BCUT2D eigenvalue weighted by molar-refractivity contribution is 6.24. The maximum absolute atomic E-state index is 13.7. The number of carbonyl (C=O) groups is 1. The number of aromatic nitrogens is 1. The zero-order chi connectivity index (χ0) is 25.6. The van der Waals surface area contributed by atoms with Crippen molar-refractivity contribution in [2.75, 3.05) is 41.7 Å². The van der Waals surface area contributed by atoms with Crippen LogP contribution in [0.4, 0.5) is 0 Å². The number of fused-ring (bicyclic) bond motifs is 6. The van der Waals surface area contributed by atoms with Crippen molar-refractivity contribution in [2.24, 2.45) is 0 Å². The summed E-state index contributed by atoms with van der Waals surface area (Å²) in [4.78, 5) is 20.5. The summed E-state index contributed by atoms with van der Waals surface area (Å²) in [7, 11) is 7.30. The van der Waals surface area contributed by atoms with Crippen LogP contribution in [0.3, 0.4) is 0 Å². The second kappa shape index (κ2) is 9.02. The quantitative estimate of drug-likeness (QED) is 0.375. The second-order valence-electron chi connectivity index (χ2n) is 9.83. The first-order valence-corrected chi connectivity index (χ1v) is 11.9. The van der Waals surface area contributed by atoms with Crippen LogP contribution in [0.2, 0.25) is 0 Å². The highest BCUT2D eigenvalue weighted by Crippen LogP contribution is 2.42. The molecule has 188 valence electrons. The van der Waals surface area contributed by atoms with Gasteiger partial charge in [-0.15, -0.1) is 0 Å². The summed E-state index contributed by atoms with van der Waals surface area (Å²) < 4.78 is 22.3. The number of pyridine rings is 1. The third-order valence-corrected chi connectivity index (χ3v) is 7.26. The van der Waals surface area contributed by atoms with E-state index in [1.807, 2.05) is 44.4 Å². The minimum Gasteiger partial charge on any atom is -0.493 e. The lowest BCUT2D eigenvalue weighted by Crippen LogP contribution is -2.41. The molecule has 3 aromatic carbocycles. The van der Waals surface area contributed by atoms with Crippen LogP contribution in [0.5, 0.6) is 23.0 Å². The fraction of sp³-hybridized carbons (Fsp3) is 0.357. The molecule has 0 fully saturated rings. The van der Waals surface area contributed by atoms with E-state index in [1.165, 1.54) is 0 Å². The lowest BCUT2D eigenvalue weighted by molar-refractivity contribution is 0.0944. The second-order valence-corrected chi connectivity index (χ2v) is 9.83. The van der Waals surface area contributed by atoms with E-state index >= 15 is 0 Å². The Morgan fingerprint density at radius 3 is 2.39 bits per heavy atom. The number of hydrogen-bond acceptors (Lipinski definition) is 7. The molecule has 1 amide bonds. The zero-order valence-electron chi connectivity index (χ0n) is 21.5. The van der Waals surface area contributed by atoms with Gasteiger partial charge in [0.1, 0.15) is 0 Å². The van der Waals surface area contributed by atoms with Gasteiger partial charge in [-0.25, -0.2) is 0 Å². The van der Waals surface area contributed by atoms with Crippen molar-refractivity contribution in [2.45, 2.75) is 25.8 Å². The van der Waals surface area contributed by atoms with Gasteiger partial charge in [0.15, 0.2) is 23.0 Å². The first-order valence-electron chi connectivity index (χ1n) is 11.9. The molecule has 0 atom stereocenters. The Hall–Kier alpha value is -3.78. The summed E-state index contributed by atoms with van der Waals surface area (Å²) >= 11 is 0. The molecule has 1 aliphatic heterocycles. The molecule has 0 spiro atoms. The SMILES string of the molecule is COc1cc2cc(C(=O)NCCC(C)(C)N(C)C)c3c4cc5c(cc4ncc3c2cc1OC)OCO5. The maximum atomic E-state index is 13.7. The predicted octanol–water partition coefficient (Wildman–Crippen LogP) is 4.75. The van der Waals surface area contributed by atoms with E-state index in [-0.39, 0.29) is 18.2 Å². The number of ether oxygens (including phenoxy) is 4. The van der Waals surface area contributed by atoms with Crippen molar-refractivity contribution < 1.29 is 23.7 Å². The Balaban J connectivity index is 1.71. The van der Waals surface area contributed by atoms with E-state index in [0.29, 0.717) is 35.1 Å². The number of hydrogen-bond donors (Lipinski definition) is 1. The van der Waals surface area contributed by atoms with Gasteiger partial charge < -0.3 is 29.2 Å². The molecule has 5 rings (SSSR count). The van der Waals surface area contributed by atoms with E-state index in [4.69, 9.17) is 23.9 Å². The van der Waals surface area contributed by atoms with Gasteiger partial charge in [-0.1, -0.05) is 0 Å². The molecule has 8 nitrogen and oxygen atoms in total. The van der Waals surface area contributed by atoms with Crippen molar-refractivity contribution in [1.29, 1.82) is 0 Å². The average Bonchev–Trinajstić information content (AvgIpc) is 3.32. The average molecular weight is 490 g/mol. The van der Waals surface area contributed by atoms with Crippen LogP contribution in [-0.2, 0) is 0 Å². The smallest absolute Gasteiger partial charge is 0.251 e. The molecule has 1 N–H and O–H groups in total. The fourth-order valence-corrected chi connectivity index (χ4v) is 4.53. The third kappa shape index (κ3) is 4.01. The van der Waals surface area contributed by atoms with Crippen molar-refractivity contribution in [1.82, 2.24) is 15.2 Å². The fourth-order valence-electron chi connectivity index (χ4n) is 4.53. The van der Waals surface area contributed by atoms with Crippen molar-refractivity contribution in [3.05, 3.63) is 42.1 Å². The van der Waals surface area contributed by atoms with Gasteiger partial charge in [0.05, 0.1) is 19.7 Å². The molecule has 4 aromatic rings. The normalized spacial score (nSPS) is 13.1. The monoisotopic (exact) mass is 489 g/mol. The number of nitrogens with one attached hydrogen (secondary N) is 1. The highest BCUT2D eigenvalue weighted by atomic mass is 16.7. The topological polar surface area (TPSA) is 82.2 Å². The summed E-state index contributed by atoms with van der Waals surface area (Å²) in [5, 5.41) is 7.40. The Morgan fingerprint density at radius 2 is 1.69 bits per heavy atom.